The van der Waals surface area contributed by atoms with E-state index in [9.17, 15) is 29.0 Å². The molecule has 36 heavy (non-hydrogen) atoms. The number of ketones is 2. The van der Waals surface area contributed by atoms with E-state index >= 15 is 0 Å². The summed E-state index contributed by atoms with van der Waals surface area (Å²) >= 11 is 7.37. The highest BCUT2D eigenvalue weighted by Crippen LogP contribution is 2.72. The van der Waals surface area contributed by atoms with Gasteiger partial charge in [0.15, 0.2) is 11.4 Å². The summed E-state index contributed by atoms with van der Waals surface area (Å²) in [5, 5.41) is 21.7. The number of carbonyl (C=O) groups is 3. The van der Waals surface area contributed by atoms with Gasteiger partial charge in [-0.1, -0.05) is 46.6 Å². The van der Waals surface area contributed by atoms with Crippen LogP contribution in [-0.2, 0) is 19.1 Å². The molecule has 0 saturated heterocycles. The minimum absolute atomic E-state index is 0.0439. The van der Waals surface area contributed by atoms with Crippen LogP contribution >= 0.6 is 11.6 Å². The topological polar surface area (TPSA) is 101 Å². The molecule has 4 rings (SSSR count). The van der Waals surface area contributed by atoms with Crippen LogP contribution in [0.4, 0.5) is 4.39 Å². The highest BCUT2D eigenvalue weighted by atomic mass is 35.5. The van der Waals surface area contributed by atoms with Crippen molar-refractivity contribution in [1.82, 2.24) is 0 Å². The zero-order valence-corrected chi connectivity index (χ0v) is 22.4. The van der Waals surface area contributed by atoms with Crippen LogP contribution in [0, 0.1) is 28.6 Å². The number of hydrogen-bond donors (Lipinski definition) is 2. The normalized spacial score (nSPS) is 43.6. The monoisotopic (exact) mass is 524 g/mol. The van der Waals surface area contributed by atoms with E-state index in [4.69, 9.17) is 16.3 Å². The Morgan fingerprint density at radius 1 is 1.25 bits per heavy atom. The van der Waals surface area contributed by atoms with Gasteiger partial charge in [0.2, 0.25) is 11.6 Å². The summed E-state index contributed by atoms with van der Waals surface area (Å²) < 4.78 is 21.0. The SMILES string of the molecule is CCCCCC(=O)O[C@@]1(C(=O)CO)[C@H](C)C[C@H]2[C@@H]3CCC4=C(F)C(=O)C=C[C@]4(C)[C@@]3(Cl)[C@@H](O)C[C@@]21C. The lowest BCUT2D eigenvalue weighted by Crippen LogP contribution is -2.69. The molecule has 8 atom stereocenters. The van der Waals surface area contributed by atoms with Crippen molar-refractivity contribution in [1.29, 1.82) is 0 Å². The molecular formula is C28H38ClFO6. The van der Waals surface area contributed by atoms with Crippen molar-refractivity contribution >= 4 is 29.1 Å². The first kappa shape index (κ1) is 27.5. The van der Waals surface area contributed by atoms with Gasteiger partial charge in [0, 0.05) is 23.2 Å². The van der Waals surface area contributed by atoms with Crippen LogP contribution in [0.15, 0.2) is 23.6 Å². The number of aliphatic hydroxyl groups is 2. The number of allylic oxidation sites excluding steroid dienone is 4. The fraction of sp³-hybridized carbons (Fsp3) is 0.750. The van der Waals surface area contributed by atoms with Crippen molar-refractivity contribution in [2.75, 3.05) is 6.61 Å². The number of carbonyl (C=O) groups excluding carboxylic acids is 3. The number of Topliss-reactive ketones (excluding diaryl/α,β-unsaturated/α-hetero) is 1. The molecule has 0 heterocycles. The number of ether oxygens (including phenoxy) is 1. The average molecular weight is 525 g/mol. The highest BCUT2D eigenvalue weighted by Gasteiger charge is 2.76. The molecule has 8 heteroatoms. The van der Waals surface area contributed by atoms with Crippen LogP contribution in [0.3, 0.4) is 0 Å². The largest absolute Gasteiger partial charge is 0.450 e. The molecule has 0 amide bonds. The number of esters is 1. The fourth-order valence-corrected chi connectivity index (χ4v) is 8.86. The predicted molar refractivity (Wildman–Crippen MR) is 133 cm³/mol. The first-order chi connectivity index (χ1) is 16.8. The third-order valence-corrected chi connectivity index (χ3v) is 11.0. The molecule has 0 aliphatic heterocycles. The molecule has 0 unspecified atom stereocenters. The molecule has 0 aromatic carbocycles. The molecule has 200 valence electrons. The Bertz CT molecular complexity index is 1020. The van der Waals surface area contributed by atoms with Crippen LogP contribution in [-0.4, -0.2) is 50.9 Å². The van der Waals surface area contributed by atoms with Gasteiger partial charge in [-0.25, -0.2) is 4.39 Å². The second kappa shape index (κ2) is 9.32. The Morgan fingerprint density at radius 3 is 2.58 bits per heavy atom. The number of aliphatic hydroxyl groups excluding tert-OH is 2. The van der Waals surface area contributed by atoms with E-state index < -0.39 is 63.3 Å². The third-order valence-electron chi connectivity index (χ3n) is 10.1. The summed E-state index contributed by atoms with van der Waals surface area (Å²) in [6.45, 7) is 6.75. The van der Waals surface area contributed by atoms with Gasteiger partial charge in [-0.2, -0.15) is 0 Å². The van der Waals surface area contributed by atoms with E-state index in [1.165, 1.54) is 6.08 Å². The van der Waals surface area contributed by atoms with E-state index in [0.717, 1.165) is 12.8 Å². The zero-order chi connectivity index (χ0) is 26.7. The molecule has 0 spiro atoms. The van der Waals surface area contributed by atoms with Gasteiger partial charge in [0.25, 0.3) is 0 Å². The quantitative estimate of drug-likeness (QED) is 0.287. The summed E-state index contributed by atoms with van der Waals surface area (Å²) in [4.78, 5) is 37.2. The molecule has 4 aliphatic carbocycles. The molecule has 0 bridgehead atoms. The fourth-order valence-electron chi connectivity index (χ4n) is 8.34. The number of fused-ring (bicyclic) bond motifs is 5. The smallest absolute Gasteiger partial charge is 0.306 e. The van der Waals surface area contributed by atoms with Crippen molar-refractivity contribution in [3.63, 3.8) is 0 Å². The van der Waals surface area contributed by atoms with E-state index in [0.29, 0.717) is 31.3 Å². The van der Waals surface area contributed by atoms with Gasteiger partial charge in [-0.15, -0.1) is 11.6 Å². The molecule has 0 radical (unpaired) electrons. The van der Waals surface area contributed by atoms with E-state index in [-0.39, 0.29) is 24.7 Å². The highest BCUT2D eigenvalue weighted by molar-refractivity contribution is 6.26. The summed E-state index contributed by atoms with van der Waals surface area (Å²) in [5.74, 6) is -3.49. The van der Waals surface area contributed by atoms with Crippen LogP contribution in [0.25, 0.3) is 0 Å². The lowest BCUT2D eigenvalue weighted by atomic mass is 9.45. The van der Waals surface area contributed by atoms with Crippen molar-refractivity contribution in [3.8, 4) is 0 Å². The Hall–Kier alpha value is -1.57. The molecule has 3 fully saturated rings. The maximum atomic E-state index is 15.0. The van der Waals surface area contributed by atoms with Gasteiger partial charge in [-0.05, 0) is 55.6 Å². The minimum Gasteiger partial charge on any atom is -0.450 e. The lowest BCUT2D eigenvalue weighted by Gasteiger charge is -2.64. The van der Waals surface area contributed by atoms with Crippen LogP contribution < -0.4 is 0 Å². The number of hydrogen-bond acceptors (Lipinski definition) is 6. The number of halogens is 2. The van der Waals surface area contributed by atoms with E-state index in [1.54, 1.807) is 13.0 Å². The van der Waals surface area contributed by atoms with Crippen molar-refractivity contribution in [2.24, 2.45) is 28.6 Å². The second-order valence-corrected chi connectivity index (χ2v) is 12.4. The average Bonchev–Trinajstić information content (AvgIpc) is 3.04. The Morgan fingerprint density at radius 2 is 1.94 bits per heavy atom. The lowest BCUT2D eigenvalue weighted by molar-refractivity contribution is -0.203. The Balaban J connectivity index is 1.78. The second-order valence-electron chi connectivity index (χ2n) is 11.7. The van der Waals surface area contributed by atoms with Gasteiger partial charge in [0.05, 0.1) is 11.0 Å². The summed E-state index contributed by atoms with van der Waals surface area (Å²) in [6, 6.07) is 0. The third kappa shape index (κ3) is 3.45. The molecule has 3 saturated carbocycles. The standard InChI is InChI=1S/C28H38ClFO6/c1-5-6-7-8-23(35)36-28(22(34)15-31)16(2)13-19-17-9-10-18-24(30)20(32)11-12-25(18,3)27(17,29)21(33)14-26(19,28)4/h11-12,16-17,19,21,31,33H,5-10,13-15H2,1-4H3/t16-,17+,19+,21+,25+,26+,27+,28-/m1/s1. The number of unbranched alkanes of at least 4 members (excludes halogenated alkanes) is 2. The molecule has 0 aromatic rings. The van der Waals surface area contributed by atoms with Crippen LogP contribution in [0.1, 0.15) is 79.1 Å². The predicted octanol–water partition coefficient (Wildman–Crippen LogP) is 4.59. The summed E-state index contributed by atoms with van der Waals surface area (Å²) in [6.07, 6.45) is 5.56. The maximum Gasteiger partial charge on any atom is 0.306 e. The first-order valence-corrected chi connectivity index (χ1v) is 13.6. The molecule has 2 N–H and O–H groups in total. The number of alkyl halides is 1. The molecule has 4 aliphatic rings. The summed E-state index contributed by atoms with van der Waals surface area (Å²) in [5.41, 5.74) is -3.33. The summed E-state index contributed by atoms with van der Waals surface area (Å²) in [7, 11) is 0. The van der Waals surface area contributed by atoms with E-state index in [1.807, 2.05) is 20.8 Å². The zero-order valence-electron chi connectivity index (χ0n) is 21.6. The van der Waals surface area contributed by atoms with Crippen LogP contribution in [0.2, 0.25) is 0 Å². The van der Waals surface area contributed by atoms with Crippen LogP contribution in [0.5, 0.6) is 0 Å². The maximum absolute atomic E-state index is 15.0. The first-order valence-electron chi connectivity index (χ1n) is 13.2. The minimum atomic E-state index is -1.59. The van der Waals surface area contributed by atoms with Gasteiger partial charge in [0.1, 0.15) is 6.61 Å². The van der Waals surface area contributed by atoms with Gasteiger partial charge >= 0.3 is 5.97 Å². The number of rotatable bonds is 7. The van der Waals surface area contributed by atoms with Gasteiger partial charge < -0.3 is 14.9 Å². The van der Waals surface area contributed by atoms with Crippen molar-refractivity contribution < 1.29 is 33.7 Å². The van der Waals surface area contributed by atoms with E-state index in [2.05, 4.69) is 0 Å². The molecule has 0 aromatic heterocycles. The van der Waals surface area contributed by atoms with Crippen molar-refractivity contribution in [3.05, 3.63) is 23.6 Å². The molecular weight excluding hydrogens is 487 g/mol. The Kier molecular flexibility index (Phi) is 7.11. The van der Waals surface area contributed by atoms with Gasteiger partial charge in [-0.3, -0.25) is 14.4 Å². The Labute approximate surface area is 217 Å². The molecule has 6 nitrogen and oxygen atoms in total. The van der Waals surface area contributed by atoms with Crippen molar-refractivity contribution in [2.45, 2.75) is 95.6 Å².